The number of amides is 1. The molecule has 162 valence electrons. The SMILES string of the molecule is CNCC1CCCN1C(=O)c1cccc(OCc2cn3cc(C)ccc3n2)c1.Cl.Cl. The predicted octanol–water partition coefficient (Wildman–Crippen LogP) is 3.89. The van der Waals surface area contributed by atoms with E-state index in [0.717, 1.165) is 37.3 Å². The molecule has 4 rings (SSSR count). The Labute approximate surface area is 189 Å². The van der Waals surface area contributed by atoms with Crippen LogP contribution in [0.25, 0.3) is 5.65 Å². The molecule has 1 amide bonds. The van der Waals surface area contributed by atoms with Gasteiger partial charge < -0.3 is 19.4 Å². The first kappa shape index (κ1) is 24.0. The largest absolute Gasteiger partial charge is 0.487 e. The molecule has 1 aliphatic heterocycles. The number of hydrogen-bond donors (Lipinski definition) is 1. The zero-order chi connectivity index (χ0) is 19.5. The molecule has 0 radical (unpaired) electrons. The van der Waals surface area contributed by atoms with Crippen molar-refractivity contribution in [3.05, 3.63) is 65.6 Å². The fourth-order valence-electron chi connectivity index (χ4n) is 3.82. The van der Waals surface area contributed by atoms with Crippen molar-refractivity contribution in [2.24, 2.45) is 0 Å². The van der Waals surface area contributed by atoms with Crippen molar-refractivity contribution in [3.8, 4) is 5.75 Å². The molecule has 0 bridgehead atoms. The van der Waals surface area contributed by atoms with E-state index in [2.05, 4.69) is 17.2 Å². The molecule has 1 atom stereocenters. The smallest absolute Gasteiger partial charge is 0.254 e. The number of imidazole rings is 1. The molecule has 1 fully saturated rings. The van der Waals surface area contributed by atoms with Gasteiger partial charge in [0.15, 0.2) is 0 Å². The van der Waals surface area contributed by atoms with Gasteiger partial charge in [-0.15, -0.1) is 24.8 Å². The monoisotopic (exact) mass is 450 g/mol. The number of nitrogens with one attached hydrogen (secondary N) is 1. The van der Waals surface area contributed by atoms with Gasteiger partial charge in [0.25, 0.3) is 5.91 Å². The van der Waals surface area contributed by atoms with Crippen LogP contribution in [0.5, 0.6) is 5.75 Å². The van der Waals surface area contributed by atoms with Crippen molar-refractivity contribution in [3.63, 3.8) is 0 Å². The van der Waals surface area contributed by atoms with Gasteiger partial charge in [-0.25, -0.2) is 4.98 Å². The molecule has 3 aromatic rings. The van der Waals surface area contributed by atoms with E-state index in [1.54, 1.807) is 0 Å². The molecule has 0 spiro atoms. The number of pyridine rings is 1. The number of carbonyl (C=O) groups is 1. The molecule has 0 aliphatic carbocycles. The van der Waals surface area contributed by atoms with Crippen LogP contribution in [-0.2, 0) is 6.61 Å². The lowest BCUT2D eigenvalue weighted by atomic mass is 10.1. The molecule has 0 saturated carbocycles. The number of nitrogens with zero attached hydrogens (tertiary/aromatic N) is 3. The summed E-state index contributed by atoms with van der Waals surface area (Å²) < 4.78 is 7.92. The fraction of sp³-hybridized carbons (Fsp3) is 0.364. The van der Waals surface area contributed by atoms with E-state index >= 15 is 0 Å². The Morgan fingerprint density at radius 1 is 1.23 bits per heavy atom. The fourth-order valence-corrected chi connectivity index (χ4v) is 3.82. The summed E-state index contributed by atoms with van der Waals surface area (Å²) in [6.07, 6.45) is 6.13. The minimum absolute atomic E-state index is 0. The number of aromatic nitrogens is 2. The first-order valence-electron chi connectivity index (χ1n) is 9.77. The number of rotatable bonds is 6. The molecule has 8 heteroatoms. The summed E-state index contributed by atoms with van der Waals surface area (Å²) in [7, 11) is 1.93. The lowest BCUT2D eigenvalue weighted by molar-refractivity contribution is 0.0736. The third-order valence-electron chi connectivity index (χ3n) is 5.19. The Morgan fingerprint density at radius 2 is 2.07 bits per heavy atom. The number of benzene rings is 1. The summed E-state index contributed by atoms with van der Waals surface area (Å²) in [6.45, 7) is 4.07. The second kappa shape index (κ2) is 10.7. The maximum absolute atomic E-state index is 12.9. The average Bonchev–Trinajstić information content (AvgIpc) is 3.32. The van der Waals surface area contributed by atoms with Gasteiger partial charge in [0.2, 0.25) is 0 Å². The Hall–Kier alpha value is -2.28. The van der Waals surface area contributed by atoms with E-state index in [0.29, 0.717) is 17.9 Å². The first-order valence-corrected chi connectivity index (χ1v) is 9.77. The summed E-state index contributed by atoms with van der Waals surface area (Å²) in [4.78, 5) is 19.5. The highest BCUT2D eigenvalue weighted by Gasteiger charge is 2.28. The average molecular weight is 451 g/mol. The van der Waals surface area contributed by atoms with Crippen LogP contribution in [0.15, 0.2) is 48.8 Å². The predicted molar refractivity (Wildman–Crippen MR) is 123 cm³/mol. The Balaban J connectivity index is 0.00000160. The van der Waals surface area contributed by atoms with Crippen molar-refractivity contribution in [1.82, 2.24) is 19.6 Å². The summed E-state index contributed by atoms with van der Waals surface area (Å²) in [5.41, 5.74) is 3.61. The Bertz CT molecular complexity index is 992. The van der Waals surface area contributed by atoms with Crippen molar-refractivity contribution >= 4 is 36.4 Å². The van der Waals surface area contributed by atoms with Crippen LogP contribution in [-0.4, -0.2) is 46.4 Å². The highest BCUT2D eigenvalue weighted by Crippen LogP contribution is 2.22. The maximum Gasteiger partial charge on any atom is 0.254 e. The molecule has 1 saturated heterocycles. The van der Waals surface area contributed by atoms with Crippen LogP contribution >= 0.6 is 24.8 Å². The number of hydrogen-bond acceptors (Lipinski definition) is 4. The number of halogens is 2. The quantitative estimate of drug-likeness (QED) is 0.618. The minimum Gasteiger partial charge on any atom is -0.487 e. The zero-order valence-corrected chi connectivity index (χ0v) is 18.8. The van der Waals surface area contributed by atoms with Gasteiger partial charge in [0.05, 0.1) is 5.69 Å². The topological polar surface area (TPSA) is 58.9 Å². The van der Waals surface area contributed by atoms with Crippen molar-refractivity contribution in [1.29, 1.82) is 0 Å². The second-order valence-electron chi connectivity index (χ2n) is 7.37. The summed E-state index contributed by atoms with van der Waals surface area (Å²) in [5, 5.41) is 3.18. The van der Waals surface area contributed by atoms with Crippen molar-refractivity contribution < 1.29 is 9.53 Å². The molecule has 1 N–H and O–H groups in total. The number of ether oxygens (including phenoxy) is 1. The Kier molecular flexibility index (Phi) is 8.53. The van der Waals surface area contributed by atoms with Crippen LogP contribution < -0.4 is 10.1 Å². The van der Waals surface area contributed by atoms with E-state index in [1.807, 2.05) is 65.1 Å². The van der Waals surface area contributed by atoms with E-state index < -0.39 is 0 Å². The van der Waals surface area contributed by atoms with Gasteiger partial charge in [-0.1, -0.05) is 12.1 Å². The third kappa shape index (κ3) is 5.25. The number of fused-ring (bicyclic) bond motifs is 1. The molecule has 3 heterocycles. The second-order valence-corrected chi connectivity index (χ2v) is 7.37. The van der Waals surface area contributed by atoms with Crippen LogP contribution in [0.3, 0.4) is 0 Å². The van der Waals surface area contributed by atoms with Crippen molar-refractivity contribution in [2.75, 3.05) is 20.1 Å². The van der Waals surface area contributed by atoms with Gasteiger partial charge in [-0.05, 0) is 56.6 Å². The van der Waals surface area contributed by atoms with Crippen LogP contribution in [0.2, 0.25) is 0 Å². The molecular weight excluding hydrogens is 423 g/mol. The van der Waals surface area contributed by atoms with Crippen LogP contribution in [0, 0.1) is 6.92 Å². The van der Waals surface area contributed by atoms with Gasteiger partial charge in [0, 0.05) is 37.1 Å². The van der Waals surface area contributed by atoms with E-state index in [-0.39, 0.29) is 36.8 Å². The molecule has 1 unspecified atom stereocenters. The number of likely N-dealkylation sites (tertiary alicyclic amines) is 1. The highest BCUT2D eigenvalue weighted by molar-refractivity contribution is 5.95. The summed E-state index contributed by atoms with van der Waals surface area (Å²) >= 11 is 0. The summed E-state index contributed by atoms with van der Waals surface area (Å²) in [6, 6.07) is 11.7. The molecule has 30 heavy (non-hydrogen) atoms. The lowest BCUT2D eigenvalue weighted by Crippen LogP contribution is -2.40. The number of likely N-dealkylation sites (N-methyl/N-ethyl adjacent to an activating group) is 1. The summed E-state index contributed by atoms with van der Waals surface area (Å²) in [5.74, 6) is 0.759. The molecule has 1 aromatic carbocycles. The molecular formula is C22H28Cl2N4O2. The molecule has 1 aliphatic rings. The van der Waals surface area contributed by atoms with Crippen LogP contribution in [0.1, 0.15) is 34.5 Å². The van der Waals surface area contributed by atoms with Gasteiger partial charge in [-0.3, -0.25) is 4.79 Å². The molecule has 2 aromatic heterocycles. The van der Waals surface area contributed by atoms with E-state index in [4.69, 9.17) is 4.74 Å². The lowest BCUT2D eigenvalue weighted by Gasteiger charge is -2.24. The Morgan fingerprint density at radius 3 is 2.87 bits per heavy atom. The third-order valence-corrected chi connectivity index (χ3v) is 5.19. The van der Waals surface area contributed by atoms with Gasteiger partial charge >= 0.3 is 0 Å². The first-order chi connectivity index (χ1) is 13.6. The van der Waals surface area contributed by atoms with Gasteiger partial charge in [-0.2, -0.15) is 0 Å². The van der Waals surface area contributed by atoms with E-state index in [1.165, 1.54) is 5.56 Å². The minimum atomic E-state index is 0. The highest BCUT2D eigenvalue weighted by atomic mass is 35.5. The maximum atomic E-state index is 12.9. The van der Waals surface area contributed by atoms with Crippen LogP contribution in [0.4, 0.5) is 0 Å². The number of aryl methyl sites for hydroxylation is 1. The van der Waals surface area contributed by atoms with Crippen molar-refractivity contribution in [2.45, 2.75) is 32.4 Å². The number of carbonyl (C=O) groups excluding carboxylic acids is 1. The zero-order valence-electron chi connectivity index (χ0n) is 17.2. The standard InChI is InChI=1S/C22H26N4O2.2ClH/c1-16-8-9-21-24-18(14-25(21)13-16)15-28-20-7-3-5-17(11-20)22(27)26-10-4-6-19(26)12-23-2;;/h3,5,7-9,11,13-14,19,23H,4,6,10,12,15H2,1-2H3;2*1H. The molecule has 6 nitrogen and oxygen atoms in total. The normalized spacial score (nSPS) is 15.5. The van der Waals surface area contributed by atoms with Gasteiger partial charge in [0.1, 0.15) is 18.0 Å². The van der Waals surface area contributed by atoms with E-state index in [9.17, 15) is 4.79 Å².